The minimum absolute atomic E-state index is 0.0296. The highest BCUT2D eigenvalue weighted by molar-refractivity contribution is 6.30. The normalized spacial score (nSPS) is 16.6. The molecule has 1 aliphatic heterocycles. The Kier molecular flexibility index (Phi) is 6.88. The number of nitrogens with zero attached hydrogens (tertiary/aromatic N) is 5. The van der Waals surface area contributed by atoms with E-state index in [0.29, 0.717) is 48.5 Å². The van der Waals surface area contributed by atoms with Crippen molar-refractivity contribution in [1.82, 2.24) is 24.7 Å². The van der Waals surface area contributed by atoms with E-state index in [4.69, 9.17) is 21.2 Å². The van der Waals surface area contributed by atoms with Gasteiger partial charge in [-0.1, -0.05) is 23.2 Å². The number of carbonyl (C=O) groups is 2. The molecule has 0 atom stereocenters. The van der Waals surface area contributed by atoms with E-state index in [-0.39, 0.29) is 18.4 Å². The van der Waals surface area contributed by atoms with Crippen LogP contribution in [0.4, 0.5) is 5.82 Å². The first-order valence-electron chi connectivity index (χ1n) is 12.1. The molecule has 0 saturated carbocycles. The smallest absolute Gasteiger partial charge is 0.274 e. The third-order valence-electron chi connectivity index (χ3n) is 6.63. The fourth-order valence-corrected chi connectivity index (χ4v) is 4.94. The van der Waals surface area contributed by atoms with Crippen LogP contribution < -0.4 is 5.32 Å². The van der Waals surface area contributed by atoms with E-state index in [2.05, 4.69) is 10.5 Å². The van der Waals surface area contributed by atoms with Crippen LogP contribution in [0.15, 0.2) is 34.9 Å². The maximum absolute atomic E-state index is 13.6. The molecule has 1 aromatic carbocycles. The van der Waals surface area contributed by atoms with Crippen molar-refractivity contribution in [3.05, 3.63) is 58.1 Å². The first-order chi connectivity index (χ1) is 17.0. The Morgan fingerprint density at radius 2 is 1.80 bits per heavy atom. The molecule has 0 bridgehead atoms. The van der Waals surface area contributed by atoms with Crippen molar-refractivity contribution in [2.45, 2.75) is 39.0 Å². The molecule has 9 nitrogen and oxygen atoms in total. The molecule has 5 rings (SSSR count). The number of halogens is 1. The van der Waals surface area contributed by atoms with Crippen LogP contribution in [-0.2, 0) is 17.6 Å². The van der Waals surface area contributed by atoms with Gasteiger partial charge in [-0.3, -0.25) is 14.5 Å². The van der Waals surface area contributed by atoms with Crippen molar-refractivity contribution in [1.29, 1.82) is 0 Å². The number of benzene rings is 1. The van der Waals surface area contributed by atoms with Crippen molar-refractivity contribution in [2.24, 2.45) is 0 Å². The molecule has 0 radical (unpaired) electrons. The van der Waals surface area contributed by atoms with Gasteiger partial charge in [0.2, 0.25) is 5.91 Å². The van der Waals surface area contributed by atoms with Gasteiger partial charge >= 0.3 is 0 Å². The molecule has 184 valence electrons. The average Bonchev–Trinajstić information content (AvgIpc) is 3.33. The summed E-state index contributed by atoms with van der Waals surface area (Å²) in [6.07, 6.45) is 5.08. The molecule has 3 aromatic rings. The highest BCUT2D eigenvalue weighted by atomic mass is 35.5. The number of hydrogen-bond acceptors (Lipinski definition) is 6. The van der Waals surface area contributed by atoms with Crippen LogP contribution in [0.3, 0.4) is 0 Å². The van der Waals surface area contributed by atoms with Gasteiger partial charge in [0, 0.05) is 48.5 Å². The summed E-state index contributed by atoms with van der Waals surface area (Å²) in [6, 6.07) is 9.27. The van der Waals surface area contributed by atoms with Crippen molar-refractivity contribution < 1.29 is 14.1 Å². The summed E-state index contributed by atoms with van der Waals surface area (Å²) >= 11 is 6.08. The minimum atomic E-state index is -0.148. The van der Waals surface area contributed by atoms with Crippen molar-refractivity contribution in [2.75, 3.05) is 38.0 Å². The Bertz CT molecular complexity index is 1210. The van der Waals surface area contributed by atoms with Gasteiger partial charge in [0.05, 0.1) is 12.2 Å². The maximum Gasteiger partial charge on any atom is 0.274 e. The summed E-state index contributed by atoms with van der Waals surface area (Å²) < 4.78 is 6.91. The number of nitrogens with one attached hydrogen (secondary N) is 1. The van der Waals surface area contributed by atoms with E-state index >= 15 is 0 Å². The SMILES string of the molecule is Cc1cc(NC(=O)CN2CCN(C(=O)c3nn(-c4ccc(Cl)cc4)c4c3CCCCC4)CC2)no1. The van der Waals surface area contributed by atoms with Gasteiger partial charge in [-0.25, -0.2) is 4.68 Å². The van der Waals surface area contributed by atoms with E-state index in [1.54, 1.807) is 13.0 Å². The molecule has 1 fully saturated rings. The Balaban J connectivity index is 1.26. The summed E-state index contributed by atoms with van der Waals surface area (Å²) in [5.41, 5.74) is 3.69. The van der Waals surface area contributed by atoms with Gasteiger partial charge in [-0.05, 0) is 56.9 Å². The average molecular weight is 497 g/mol. The first kappa shape index (κ1) is 23.6. The lowest BCUT2D eigenvalue weighted by atomic mass is 10.1. The Morgan fingerprint density at radius 3 is 2.51 bits per heavy atom. The quantitative estimate of drug-likeness (QED) is 0.543. The molecule has 35 heavy (non-hydrogen) atoms. The molecular formula is C25H29ClN6O3. The fraction of sp³-hybridized carbons (Fsp3) is 0.440. The number of fused-ring (bicyclic) bond motifs is 1. The lowest BCUT2D eigenvalue weighted by Crippen LogP contribution is -2.50. The molecule has 2 amide bonds. The van der Waals surface area contributed by atoms with Gasteiger partial charge in [0.1, 0.15) is 5.76 Å². The van der Waals surface area contributed by atoms with Crippen LogP contribution in [0.5, 0.6) is 0 Å². The summed E-state index contributed by atoms with van der Waals surface area (Å²) in [7, 11) is 0. The lowest BCUT2D eigenvalue weighted by molar-refractivity contribution is -0.117. The number of aromatic nitrogens is 3. The summed E-state index contributed by atoms with van der Waals surface area (Å²) in [5, 5.41) is 12.0. The number of aryl methyl sites for hydroxylation is 1. The summed E-state index contributed by atoms with van der Waals surface area (Å²) in [6.45, 7) is 4.37. The highest BCUT2D eigenvalue weighted by Crippen LogP contribution is 2.28. The molecule has 2 aliphatic rings. The van der Waals surface area contributed by atoms with Crippen LogP contribution >= 0.6 is 11.6 Å². The van der Waals surface area contributed by atoms with Crippen LogP contribution in [0.2, 0.25) is 5.02 Å². The van der Waals surface area contributed by atoms with Gasteiger partial charge < -0.3 is 14.7 Å². The van der Waals surface area contributed by atoms with E-state index in [9.17, 15) is 9.59 Å². The van der Waals surface area contributed by atoms with Crippen LogP contribution in [0.25, 0.3) is 5.69 Å². The predicted octanol–water partition coefficient (Wildman–Crippen LogP) is 3.49. The standard InChI is InChI=1S/C25H29ClN6O3/c1-17-15-22(29-35-17)27-23(33)16-30-11-13-31(14-12-30)25(34)24-20-5-3-2-4-6-21(20)32(28-24)19-9-7-18(26)8-10-19/h7-10,15H,2-6,11-14,16H2,1H3,(H,27,29,33). The molecule has 2 aromatic heterocycles. The van der Waals surface area contributed by atoms with Gasteiger partial charge in [0.15, 0.2) is 11.5 Å². The monoisotopic (exact) mass is 496 g/mol. The third kappa shape index (κ3) is 5.26. The van der Waals surface area contributed by atoms with Crippen LogP contribution in [0.1, 0.15) is 46.8 Å². The van der Waals surface area contributed by atoms with Crippen molar-refractivity contribution in [3.8, 4) is 5.69 Å². The van der Waals surface area contributed by atoms with E-state index in [1.807, 2.05) is 38.7 Å². The zero-order chi connectivity index (χ0) is 24.4. The lowest BCUT2D eigenvalue weighted by Gasteiger charge is -2.34. The minimum Gasteiger partial charge on any atom is -0.360 e. The van der Waals surface area contributed by atoms with E-state index < -0.39 is 0 Å². The molecule has 3 heterocycles. The summed E-state index contributed by atoms with van der Waals surface area (Å²) in [4.78, 5) is 29.8. The van der Waals surface area contributed by atoms with Gasteiger partial charge in [0.25, 0.3) is 5.91 Å². The topological polar surface area (TPSA) is 96.5 Å². The van der Waals surface area contributed by atoms with Gasteiger partial charge in [-0.2, -0.15) is 5.10 Å². The Labute approximate surface area is 209 Å². The predicted molar refractivity (Wildman–Crippen MR) is 132 cm³/mol. The second-order valence-corrected chi connectivity index (χ2v) is 9.60. The van der Waals surface area contributed by atoms with Crippen LogP contribution in [0, 0.1) is 6.92 Å². The molecule has 1 aliphatic carbocycles. The Hall–Kier alpha value is -3.17. The summed E-state index contributed by atoms with van der Waals surface area (Å²) in [5.74, 6) is 0.880. The number of hydrogen-bond donors (Lipinski definition) is 1. The number of piperazine rings is 1. The maximum atomic E-state index is 13.6. The van der Waals surface area contributed by atoms with E-state index in [1.165, 1.54) is 0 Å². The molecule has 0 unspecified atom stereocenters. The number of anilines is 1. The molecule has 1 saturated heterocycles. The van der Waals surface area contributed by atoms with E-state index in [0.717, 1.165) is 49.0 Å². The van der Waals surface area contributed by atoms with Crippen LogP contribution in [-0.4, -0.2) is 69.3 Å². The third-order valence-corrected chi connectivity index (χ3v) is 6.88. The second kappa shape index (κ2) is 10.2. The zero-order valence-corrected chi connectivity index (χ0v) is 20.6. The van der Waals surface area contributed by atoms with Gasteiger partial charge in [-0.15, -0.1) is 0 Å². The number of carbonyl (C=O) groups excluding carboxylic acids is 2. The molecule has 0 spiro atoms. The zero-order valence-electron chi connectivity index (χ0n) is 19.8. The fourth-order valence-electron chi connectivity index (χ4n) is 4.81. The number of rotatable bonds is 5. The second-order valence-electron chi connectivity index (χ2n) is 9.16. The highest BCUT2D eigenvalue weighted by Gasteiger charge is 2.30. The molecule has 10 heteroatoms. The van der Waals surface area contributed by atoms with Crippen molar-refractivity contribution in [3.63, 3.8) is 0 Å². The Morgan fingerprint density at radius 1 is 1.06 bits per heavy atom. The van der Waals surface area contributed by atoms with Crippen molar-refractivity contribution >= 4 is 29.2 Å². The largest absolute Gasteiger partial charge is 0.360 e. The molecule has 1 N–H and O–H groups in total. The molecular weight excluding hydrogens is 468 g/mol. The first-order valence-corrected chi connectivity index (χ1v) is 12.5. The number of amides is 2.